The molecule has 0 fully saturated rings. The van der Waals surface area contributed by atoms with Crippen molar-refractivity contribution in [3.63, 3.8) is 0 Å². The average Bonchev–Trinajstić information content (AvgIpc) is 1.78. The van der Waals surface area contributed by atoms with E-state index < -0.39 is 12.6 Å². The molecule has 0 aromatic carbocycles. The Kier molecular flexibility index (Phi) is 1.06. The number of ketones is 1. The highest BCUT2D eigenvalue weighted by Crippen LogP contribution is 2.10. The van der Waals surface area contributed by atoms with Crippen LogP contribution in [0.3, 0.4) is 0 Å². The highest BCUT2D eigenvalue weighted by molar-refractivity contribution is 7.80. The fraction of sp³-hybridized carbons (Fsp3) is 0.429. The third-order valence-electron chi connectivity index (χ3n) is 1.30. The van der Waals surface area contributed by atoms with E-state index in [-0.39, 0.29) is 12.0 Å². The molecule has 0 atom stereocenters. The first-order valence-electron chi connectivity index (χ1n) is 4.37. The maximum atomic E-state index is 11.3. The predicted molar refractivity (Wildman–Crippen MR) is 43.7 cm³/mol. The van der Waals surface area contributed by atoms with Gasteiger partial charge < -0.3 is 5.32 Å². The average molecular weight is 158 g/mol. The van der Waals surface area contributed by atoms with Crippen molar-refractivity contribution in [2.45, 2.75) is 20.2 Å². The number of carbonyl (C=O) groups excluding carboxylic acids is 1. The fourth-order valence-corrected chi connectivity index (χ4v) is 1.04. The molecule has 1 heterocycles. The van der Waals surface area contributed by atoms with Crippen LogP contribution in [0.1, 0.15) is 24.3 Å². The molecule has 0 aromatic heterocycles. The van der Waals surface area contributed by atoms with Crippen molar-refractivity contribution in [2.75, 3.05) is 0 Å². The van der Waals surface area contributed by atoms with Gasteiger partial charge in [-0.15, -0.1) is 0 Å². The second-order valence-corrected chi connectivity index (χ2v) is 2.64. The van der Waals surface area contributed by atoms with E-state index in [2.05, 4.69) is 5.32 Å². The molecule has 0 unspecified atom stereocenters. The van der Waals surface area contributed by atoms with Crippen molar-refractivity contribution in [1.82, 2.24) is 5.32 Å². The number of carbonyl (C=O) groups is 1. The van der Waals surface area contributed by atoms with E-state index in [0.29, 0.717) is 10.7 Å². The van der Waals surface area contributed by atoms with E-state index >= 15 is 0 Å². The molecule has 0 saturated heterocycles. The van der Waals surface area contributed by atoms with Crippen molar-refractivity contribution >= 4 is 23.0 Å². The smallest absolute Gasteiger partial charge is 0.167 e. The van der Waals surface area contributed by atoms with Crippen LogP contribution in [0, 0.1) is 0 Å². The minimum absolute atomic E-state index is 0.000394. The monoisotopic (exact) mass is 158 g/mol. The van der Waals surface area contributed by atoms with Gasteiger partial charge in [-0.1, -0.05) is 12.2 Å². The predicted octanol–water partition coefficient (Wildman–Crippen LogP) is 1.17. The van der Waals surface area contributed by atoms with Crippen LogP contribution in [-0.2, 0) is 4.79 Å². The van der Waals surface area contributed by atoms with E-state index in [1.54, 1.807) is 6.92 Å². The summed E-state index contributed by atoms with van der Waals surface area (Å²) in [6.45, 7) is -0.796. The third-order valence-corrected chi connectivity index (χ3v) is 1.55. The lowest BCUT2D eigenvalue weighted by Gasteiger charge is -2.15. The number of hydrogen-bond donors (Lipinski definition) is 1. The van der Waals surface area contributed by atoms with Crippen molar-refractivity contribution < 1.29 is 8.91 Å². The molecule has 0 amide bonds. The Bertz CT molecular complexity index is 305. The van der Waals surface area contributed by atoms with Crippen LogP contribution < -0.4 is 5.32 Å². The van der Waals surface area contributed by atoms with Crippen molar-refractivity contribution in [3.05, 3.63) is 11.3 Å². The Labute approximate surface area is 69.5 Å². The summed E-state index contributed by atoms with van der Waals surface area (Å²) in [6.07, 6.45) is 0.000394. The van der Waals surface area contributed by atoms with E-state index in [1.165, 1.54) is 0 Å². The number of rotatable bonds is 0. The minimum atomic E-state index is -2.34. The van der Waals surface area contributed by atoms with E-state index in [1.807, 2.05) is 0 Å². The molecule has 2 nitrogen and oxygen atoms in total. The Morgan fingerprint density at radius 2 is 2.50 bits per heavy atom. The van der Waals surface area contributed by atoms with Gasteiger partial charge in [-0.25, -0.2) is 0 Å². The maximum Gasteiger partial charge on any atom is 0.167 e. The molecule has 0 bridgehead atoms. The molecule has 0 aromatic rings. The summed E-state index contributed by atoms with van der Waals surface area (Å²) in [4.78, 5) is 11.7. The lowest BCUT2D eigenvalue weighted by atomic mass is 10.1. The number of allylic oxidation sites excluding steroid dienone is 2. The summed E-state index contributed by atoms with van der Waals surface area (Å²) in [5.41, 5.74) is 0.224. The quantitative estimate of drug-likeness (QED) is 0.536. The van der Waals surface area contributed by atoms with Gasteiger partial charge in [0.2, 0.25) is 0 Å². The Hall–Kier alpha value is -0.700. The summed E-state index contributed by atoms with van der Waals surface area (Å²) in [7, 11) is 0. The second-order valence-electron chi connectivity index (χ2n) is 2.15. The summed E-state index contributed by atoms with van der Waals surface area (Å²) in [6, 6.07) is 0. The lowest BCUT2D eigenvalue weighted by molar-refractivity contribution is -0.114. The largest absolute Gasteiger partial charge is 0.353 e. The van der Waals surface area contributed by atoms with Gasteiger partial charge in [-0.2, -0.15) is 0 Å². The van der Waals surface area contributed by atoms with Gasteiger partial charge in [0.15, 0.2) is 5.78 Å². The summed E-state index contributed by atoms with van der Waals surface area (Å²) >= 11 is 4.79. The Balaban J connectivity index is 3.13. The first kappa shape index (κ1) is 4.23. The Morgan fingerprint density at radius 1 is 1.80 bits per heavy atom. The normalized spacial score (nSPS) is 25.1. The fourth-order valence-electron chi connectivity index (χ4n) is 0.759. The van der Waals surface area contributed by atoms with Crippen molar-refractivity contribution in [3.8, 4) is 0 Å². The standard InChI is InChI=1S/C7H9NOS/c1-4-5(2)8-7(10)3-6(4)9/h3H2,1-2H3,(H,8,10)/i1D3. The van der Waals surface area contributed by atoms with Crippen LogP contribution in [0.5, 0.6) is 0 Å². The van der Waals surface area contributed by atoms with Gasteiger partial charge in [0, 0.05) is 15.4 Å². The minimum Gasteiger partial charge on any atom is -0.353 e. The molecule has 1 aliphatic heterocycles. The number of nitrogens with one attached hydrogen (secondary N) is 1. The highest BCUT2D eigenvalue weighted by atomic mass is 32.1. The van der Waals surface area contributed by atoms with E-state index in [4.69, 9.17) is 16.3 Å². The Morgan fingerprint density at radius 3 is 3.00 bits per heavy atom. The lowest BCUT2D eigenvalue weighted by Crippen LogP contribution is -2.29. The van der Waals surface area contributed by atoms with Crippen LogP contribution in [0.4, 0.5) is 0 Å². The maximum absolute atomic E-state index is 11.3. The molecule has 3 heteroatoms. The molecule has 0 radical (unpaired) electrons. The van der Waals surface area contributed by atoms with Gasteiger partial charge in [0.05, 0.1) is 11.4 Å². The SMILES string of the molecule is [2H]C([2H])([2H])C1=C(C)NC(=S)CC1=O. The topological polar surface area (TPSA) is 29.1 Å². The van der Waals surface area contributed by atoms with Crippen LogP contribution >= 0.6 is 12.2 Å². The van der Waals surface area contributed by atoms with Crippen LogP contribution in [0.25, 0.3) is 0 Å². The molecule has 1 N–H and O–H groups in total. The van der Waals surface area contributed by atoms with Gasteiger partial charge in [0.1, 0.15) is 0 Å². The molecular formula is C7H9NOS. The molecule has 10 heavy (non-hydrogen) atoms. The van der Waals surface area contributed by atoms with Crippen molar-refractivity contribution in [1.29, 1.82) is 0 Å². The van der Waals surface area contributed by atoms with Crippen LogP contribution in [0.2, 0.25) is 0 Å². The highest BCUT2D eigenvalue weighted by Gasteiger charge is 2.16. The number of thiocarbonyl (C=S) groups is 1. The summed E-state index contributed by atoms with van der Waals surface area (Å²) in [5, 5.41) is 2.70. The van der Waals surface area contributed by atoms with E-state index in [0.717, 1.165) is 0 Å². The molecule has 0 spiro atoms. The number of Topliss-reactive ketones (excluding diaryl/α,β-unsaturated/α-hetero) is 1. The van der Waals surface area contributed by atoms with Gasteiger partial charge in [-0.3, -0.25) is 4.79 Å². The zero-order valence-corrected chi connectivity index (χ0v) is 6.34. The molecular weight excluding hydrogens is 146 g/mol. The van der Waals surface area contributed by atoms with Crippen LogP contribution in [-0.4, -0.2) is 10.8 Å². The zero-order valence-electron chi connectivity index (χ0n) is 8.52. The molecule has 1 rings (SSSR count). The molecule has 0 saturated carbocycles. The summed E-state index contributed by atoms with van der Waals surface area (Å²) in [5.74, 6) is -0.402. The zero-order chi connectivity index (χ0) is 10.2. The molecule has 54 valence electrons. The first-order valence-corrected chi connectivity index (χ1v) is 3.27. The first-order chi connectivity index (χ1) is 5.82. The van der Waals surface area contributed by atoms with Crippen LogP contribution in [0.15, 0.2) is 11.3 Å². The molecule has 1 aliphatic rings. The summed E-state index contributed by atoms with van der Waals surface area (Å²) < 4.78 is 21.4. The van der Waals surface area contributed by atoms with E-state index in [9.17, 15) is 4.79 Å². The molecule has 0 aliphatic carbocycles. The number of hydrogen-bond acceptors (Lipinski definition) is 2. The van der Waals surface area contributed by atoms with Gasteiger partial charge in [0.25, 0.3) is 0 Å². The van der Waals surface area contributed by atoms with Crippen molar-refractivity contribution in [2.24, 2.45) is 0 Å². The van der Waals surface area contributed by atoms with Gasteiger partial charge >= 0.3 is 0 Å². The second kappa shape index (κ2) is 2.50. The van der Waals surface area contributed by atoms with Gasteiger partial charge in [-0.05, 0) is 13.8 Å². The third kappa shape index (κ3) is 1.24.